The second-order valence-electron chi connectivity index (χ2n) is 7.05. The third-order valence-electron chi connectivity index (χ3n) is 4.83. The molecule has 0 saturated carbocycles. The molecule has 0 saturated heterocycles. The lowest BCUT2D eigenvalue weighted by Crippen LogP contribution is -2.30. The van der Waals surface area contributed by atoms with Crippen LogP contribution in [0.1, 0.15) is 42.0 Å². The predicted molar refractivity (Wildman–Crippen MR) is 119 cm³/mol. The second kappa shape index (κ2) is 10.1. The third kappa shape index (κ3) is 5.50. The standard InChI is InChI=1S/C21H33N4O3P/c1-7-23-29(27,24-8-2)20(13-22-18-10-9-15(4)25-16(18)5)17-11-14(3)21(26)19(12-17)28-6/h9-12,20,22,26H,7-8,13H2,1-6H3,(H2,23,24,27). The van der Waals surface area contributed by atoms with Gasteiger partial charge in [0.1, 0.15) is 0 Å². The third-order valence-corrected chi connectivity index (χ3v) is 7.76. The van der Waals surface area contributed by atoms with Gasteiger partial charge in [0.05, 0.1) is 24.2 Å². The molecule has 0 aliphatic heterocycles. The van der Waals surface area contributed by atoms with Crippen molar-refractivity contribution >= 4 is 13.1 Å². The van der Waals surface area contributed by atoms with Gasteiger partial charge >= 0.3 is 0 Å². The number of anilines is 1. The summed E-state index contributed by atoms with van der Waals surface area (Å²) in [5, 5.41) is 20.0. The van der Waals surface area contributed by atoms with Gasteiger partial charge in [0.2, 0.25) is 7.44 Å². The predicted octanol–water partition coefficient (Wildman–Crippen LogP) is 4.29. The summed E-state index contributed by atoms with van der Waals surface area (Å²) in [6.45, 7) is 11.2. The Morgan fingerprint density at radius 1 is 1.14 bits per heavy atom. The zero-order chi connectivity index (χ0) is 21.6. The van der Waals surface area contributed by atoms with Crippen molar-refractivity contribution in [3.63, 3.8) is 0 Å². The summed E-state index contributed by atoms with van der Waals surface area (Å²) >= 11 is 0. The van der Waals surface area contributed by atoms with Crippen molar-refractivity contribution < 1.29 is 14.4 Å². The Hall–Kier alpha value is -2.08. The Morgan fingerprint density at radius 2 is 1.79 bits per heavy atom. The molecule has 0 amide bonds. The van der Waals surface area contributed by atoms with E-state index in [2.05, 4.69) is 20.5 Å². The van der Waals surface area contributed by atoms with Crippen molar-refractivity contribution in [1.82, 2.24) is 15.2 Å². The number of pyridine rings is 1. The summed E-state index contributed by atoms with van der Waals surface area (Å²) in [7, 11) is -1.48. The summed E-state index contributed by atoms with van der Waals surface area (Å²) in [4.78, 5) is 4.50. The quantitative estimate of drug-likeness (QED) is 0.426. The molecular weight excluding hydrogens is 387 g/mol. The van der Waals surface area contributed by atoms with Crippen molar-refractivity contribution in [1.29, 1.82) is 0 Å². The molecule has 1 atom stereocenters. The van der Waals surface area contributed by atoms with Crippen LogP contribution >= 0.6 is 7.44 Å². The van der Waals surface area contributed by atoms with Crippen molar-refractivity contribution in [2.45, 2.75) is 40.3 Å². The molecule has 29 heavy (non-hydrogen) atoms. The SMILES string of the molecule is CCNP(=O)(NCC)C(CNc1ccc(C)nc1C)c1cc(C)c(O)c(OC)c1. The van der Waals surface area contributed by atoms with Gasteiger partial charge in [0.25, 0.3) is 0 Å². The number of nitrogens with zero attached hydrogens (tertiary/aromatic N) is 1. The van der Waals surface area contributed by atoms with Crippen LogP contribution in [0.4, 0.5) is 5.69 Å². The molecule has 7 nitrogen and oxygen atoms in total. The van der Waals surface area contributed by atoms with Crippen LogP contribution in [0.2, 0.25) is 0 Å². The summed E-state index contributed by atoms with van der Waals surface area (Å²) in [5.74, 6) is 0.473. The molecule has 0 aliphatic rings. The van der Waals surface area contributed by atoms with Gasteiger partial charge in [-0.15, -0.1) is 0 Å². The highest BCUT2D eigenvalue weighted by molar-refractivity contribution is 7.60. The number of aromatic nitrogens is 1. The Kier molecular flexibility index (Phi) is 8.08. The maximum absolute atomic E-state index is 13.9. The van der Waals surface area contributed by atoms with Gasteiger partial charge in [0.15, 0.2) is 11.5 Å². The van der Waals surface area contributed by atoms with Gasteiger partial charge in [-0.2, -0.15) is 0 Å². The number of nitrogens with one attached hydrogen (secondary N) is 3. The molecule has 4 N–H and O–H groups in total. The van der Waals surface area contributed by atoms with E-state index >= 15 is 0 Å². The first-order chi connectivity index (χ1) is 13.8. The van der Waals surface area contributed by atoms with Gasteiger partial charge in [0, 0.05) is 12.2 Å². The highest BCUT2D eigenvalue weighted by Gasteiger charge is 2.34. The number of hydrogen-bond donors (Lipinski definition) is 4. The summed E-state index contributed by atoms with van der Waals surface area (Å²) in [5.41, 5.74) is 3.88. The number of aromatic hydroxyl groups is 1. The minimum atomic E-state index is -3.00. The van der Waals surface area contributed by atoms with Crippen LogP contribution in [-0.2, 0) is 4.57 Å². The number of methoxy groups -OCH3 is 1. The first kappa shape index (κ1) is 23.2. The van der Waals surface area contributed by atoms with Crippen LogP contribution in [0.25, 0.3) is 0 Å². The van der Waals surface area contributed by atoms with Gasteiger partial charge in [-0.25, -0.2) is 0 Å². The lowest BCUT2D eigenvalue weighted by Gasteiger charge is -2.30. The molecule has 0 fully saturated rings. The fourth-order valence-electron chi connectivity index (χ4n) is 3.40. The Labute approximate surface area is 173 Å². The van der Waals surface area contributed by atoms with E-state index in [1.807, 2.05) is 52.8 Å². The number of phenolic OH excluding ortho intramolecular Hbond substituents is 1. The van der Waals surface area contributed by atoms with Crippen LogP contribution in [0, 0.1) is 20.8 Å². The molecule has 1 heterocycles. The molecule has 0 radical (unpaired) electrons. The molecule has 2 aromatic rings. The van der Waals surface area contributed by atoms with Crippen LogP contribution in [-0.4, -0.2) is 36.8 Å². The highest BCUT2D eigenvalue weighted by atomic mass is 31.2. The molecule has 2 rings (SSSR count). The molecule has 1 aromatic carbocycles. The molecule has 1 unspecified atom stereocenters. The van der Waals surface area contributed by atoms with E-state index in [1.54, 1.807) is 6.07 Å². The van der Waals surface area contributed by atoms with Gasteiger partial charge in [-0.3, -0.25) is 19.7 Å². The van der Waals surface area contributed by atoms with E-state index in [4.69, 9.17) is 4.74 Å². The van der Waals surface area contributed by atoms with Gasteiger partial charge in [-0.1, -0.05) is 19.9 Å². The minimum absolute atomic E-state index is 0.100. The maximum Gasteiger partial charge on any atom is 0.220 e. The number of hydrogen-bond acceptors (Lipinski definition) is 5. The van der Waals surface area contributed by atoms with E-state index < -0.39 is 7.44 Å². The van der Waals surface area contributed by atoms with Crippen molar-refractivity contribution in [2.75, 3.05) is 32.1 Å². The number of benzene rings is 1. The summed E-state index contributed by atoms with van der Waals surface area (Å²) in [6, 6.07) is 7.57. The van der Waals surface area contributed by atoms with Crippen molar-refractivity contribution in [3.05, 3.63) is 46.8 Å². The smallest absolute Gasteiger partial charge is 0.220 e. The first-order valence-electron chi connectivity index (χ1n) is 9.91. The topological polar surface area (TPSA) is 95.5 Å². The Bertz CT molecular complexity index is 878. The average Bonchev–Trinajstić information content (AvgIpc) is 2.66. The van der Waals surface area contributed by atoms with Crippen molar-refractivity contribution in [3.8, 4) is 11.5 Å². The first-order valence-corrected chi connectivity index (χ1v) is 11.7. The number of rotatable bonds is 10. The van der Waals surface area contributed by atoms with Crippen LogP contribution in [0.3, 0.4) is 0 Å². The minimum Gasteiger partial charge on any atom is -0.504 e. The lowest BCUT2D eigenvalue weighted by molar-refractivity contribution is 0.371. The molecular formula is C21H33N4O3P. The molecule has 0 aliphatic carbocycles. The average molecular weight is 420 g/mol. The molecule has 1 aromatic heterocycles. The zero-order valence-electron chi connectivity index (χ0n) is 18.2. The largest absolute Gasteiger partial charge is 0.504 e. The maximum atomic E-state index is 13.9. The van der Waals surface area contributed by atoms with E-state index in [9.17, 15) is 9.67 Å². The van der Waals surface area contributed by atoms with E-state index in [-0.39, 0.29) is 11.4 Å². The van der Waals surface area contributed by atoms with Gasteiger partial charge < -0.3 is 15.2 Å². The fourth-order valence-corrected chi connectivity index (χ4v) is 5.81. The lowest BCUT2D eigenvalue weighted by atomic mass is 10.1. The monoisotopic (exact) mass is 420 g/mol. The molecule has 8 heteroatoms. The molecule has 0 spiro atoms. The molecule has 0 bridgehead atoms. The van der Waals surface area contributed by atoms with Crippen LogP contribution < -0.4 is 20.2 Å². The number of aryl methyl sites for hydroxylation is 3. The van der Waals surface area contributed by atoms with Gasteiger partial charge in [-0.05, 0) is 63.2 Å². The summed E-state index contributed by atoms with van der Waals surface area (Å²) < 4.78 is 19.2. The zero-order valence-corrected chi connectivity index (χ0v) is 19.1. The Balaban J connectivity index is 2.48. The number of ether oxygens (including phenoxy) is 1. The van der Waals surface area contributed by atoms with E-state index in [0.717, 1.165) is 22.6 Å². The van der Waals surface area contributed by atoms with Crippen LogP contribution in [0.5, 0.6) is 11.5 Å². The normalized spacial score (nSPS) is 12.6. The Morgan fingerprint density at radius 3 is 2.34 bits per heavy atom. The highest BCUT2D eigenvalue weighted by Crippen LogP contribution is 2.53. The van der Waals surface area contributed by atoms with Crippen molar-refractivity contribution in [2.24, 2.45) is 0 Å². The summed E-state index contributed by atoms with van der Waals surface area (Å²) in [6.07, 6.45) is 0. The fraction of sp³-hybridized carbons (Fsp3) is 0.476. The van der Waals surface area contributed by atoms with E-state index in [1.165, 1.54) is 7.11 Å². The number of phenols is 1. The molecule has 160 valence electrons. The van der Waals surface area contributed by atoms with Crippen LogP contribution in [0.15, 0.2) is 24.3 Å². The van der Waals surface area contributed by atoms with E-state index in [0.29, 0.717) is 30.9 Å². The second-order valence-corrected chi connectivity index (χ2v) is 9.62.